The van der Waals surface area contributed by atoms with E-state index in [2.05, 4.69) is 4.99 Å². The van der Waals surface area contributed by atoms with Crippen molar-refractivity contribution in [2.45, 2.75) is 104 Å². The van der Waals surface area contributed by atoms with Crippen molar-refractivity contribution < 1.29 is 94.5 Å². The molecule has 0 saturated carbocycles. The van der Waals surface area contributed by atoms with Gasteiger partial charge in [0.25, 0.3) is 5.79 Å². The lowest BCUT2D eigenvalue weighted by atomic mass is 9.89. The Balaban J connectivity index is 1.82. The van der Waals surface area contributed by atoms with E-state index in [9.17, 15) is 66.1 Å². The molecule has 43 heavy (non-hydrogen) atoms. The summed E-state index contributed by atoms with van der Waals surface area (Å²) in [4.78, 5) is 16.2. The zero-order valence-corrected chi connectivity index (χ0v) is 22.7. The topological polar surface area (TPSA) is 328 Å². The lowest BCUT2D eigenvalue weighted by molar-refractivity contribution is -0.364. The van der Waals surface area contributed by atoms with E-state index < -0.39 is 130 Å². The van der Waals surface area contributed by atoms with E-state index in [1.54, 1.807) is 0 Å². The number of rotatable bonds is 12. The van der Waals surface area contributed by atoms with Crippen molar-refractivity contribution >= 4 is 12.4 Å². The van der Waals surface area contributed by atoms with Crippen molar-refractivity contribution in [3.63, 3.8) is 0 Å². The predicted molar refractivity (Wildman–Crippen MR) is 132 cm³/mol. The maximum absolute atomic E-state index is 12.4. The molecular weight excluding hydrogens is 594 g/mol. The average Bonchev–Trinajstić information content (AvgIpc) is 2.98. The molecule has 16 unspecified atom stereocenters. The molecule has 0 aliphatic carbocycles. The number of hydrogen-bond acceptors (Lipinski definition) is 19. The van der Waals surface area contributed by atoms with Gasteiger partial charge in [0.2, 0.25) is 0 Å². The number of aliphatic carboxylic acids is 1. The third-order valence-electron chi connectivity index (χ3n) is 7.40. The molecule has 16 atom stereocenters. The van der Waals surface area contributed by atoms with Crippen LogP contribution in [0.2, 0.25) is 0 Å². The van der Waals surface area contributed by atoms with Crippen molar-refractivity contribution in [2.75, 3.05) is 26.9 Å². The van der Waals surface area contributed by atoms with Crippen molar-refractivity contribution in [1.82, 2.24) is 0 Å². The summed E-state index contributed by atoms with van der Waals surface area (Å²) in [5.41, 5.74) is 0. The van der Waals surface area contributed by atoms with Gasteiger partial charge in [-0.25, -0.2) is 9.79 Å². The van der Waals surface area contributed by atoms with E-state index in [1.807, 2.05) is 0 Å². The second-order valence-electron chi connectivity index (χ2n) is 10.3. The Labute approximate surface area is 243 Å². The van der Waals surface area contributed by atoms with Gasteiger partial charge in [-0.1, -0.05) is 0 Å². The Morgan fingerprint density at radius 1 is 0.977 bits per heavy atom. The van der Waals surface area contributed by atoms with Crippen LogP contribution in [0.15, 0.2) is 4.99 Å². The summed E-state index contributed by atoms with van der Waals surface area (Å²) in [7, 11) is 1.22. The van der Waals surface area contributed by atoms with E-state index in [-0.39, 0.29) is 0 Å². The first kappa shape index (κ1) is 35.8. The van der Waals surface area contributed by atoms with Gasteiger partial charge >= 0.3 is 5.97 Å². The third kappa shape index (κ3) is 7.58. The van der Waals surface area contributed by atoms with E-state index in [0.717, 1.165) is 6.40 Å². The highest BCUT2D eigenvalue weighted by molar-refractivity contribution is 5.76. The van der Waals surface area contributed by atoms with Crippen molar-refractivity contribution in [3.8, 4) is 0 Å². The molecule has 3 rings (SSSR count). The monoisotopic (exact) mass is 633 g/mol. The Bertz CT molecular complexity index is 927. The van der Waals surface area contributed by atoms with Gasteiger partial charge in [0.05, 0.1) is 33.0 Å². The molecule has 3 saturated heterocycles. The fourth-order valence-electron chi connectivity index (χ4n) is 4.93. The molecular formula is C23H39NO19. The van der Waals surface area contributed by atoms with Gasteiger partial charge in [-0.3, -0.25) is 0 Å². The van der Waals surface area contributed by atoms with Crippen LogP contribution in [0.1, 0.15) is 6.42 Å². The number of aliphatic imine (C=N–C) groups is 1. The van der Waals surface area contributed by atoms with Crippen LogP contribution >= 0.6 is 0 Å². The molecule has 0 spiro atoms. The first-order valence-electron chi connectivity index (χ1n) is 13.1. The number of carbonyl (C=O) groups is 1. The molecule has 0 aromatic rings. The van der Waals surface area contributed by atoms with Gasteiger partial charge in [-0.05, 0) is 0 Å². The molecule has 250 valence electrons. The Hall–Kier alpha value is -1.70. The number of carboxylic acids is 1. The highest BCUT2D eigenvalue weighted by Crippen LogP contribution is 2.36. The molecule has 20 nitrogen and oxygen atoms in total. The lowest BCUT2D eigenvalue weighted by Gasteiger charge is -2.47. The maximum atomic E-state index is 12.4. The fraction of sp³-hybridized carbons (Fsp3) is 0.913. The van der Waals surface area contributed by atoms with Gasteiger partial charge in [-0.2, -0.15) is 0 Å². The minimum absolute atomic E-state index is 0.829. The van der Waals surface area contributed by atoms with Gasteiger partial charge in [-0.15, -0.1) is 0 Å². The molecule has 20 heteroatoms. The molecule has 3 fully saturated rings. The lowest BCUT2D eigenvalue weighted by Crippen LogP contribution is -2.66. The van der Waals surface area contributed by atoms with Crippen molar-refractivity contribution in [3.05, 3.63) is 0 Å². The summed E-state index contributed by atoms with van der Waals surface area (Å²) in [6.07, 6.45) is -25.6. The molecule has 0 radical (unpaired) electrons. The third-order valence-corrected chi connectivity index (χ3v) is 7.40. The van der Waals surface area contributed by atoms with Crippen LogP contribution in [0.5, 0.6) is 0 Å². The average molecular weight is 634 g/mol. The van der Waals surface area contributed by atoms with Gasteiger partial charge in [0, 0.05) is 6.42 Å². The molecule has 0 aromatic heterocycles. The number of nitrogens with zero attached hydrogens (tertiary/aromatic N) is 1. The fourth-order valence-corrected chi connectivity index (χ4v) is 4.93. The van der Waals surface area contributed by atoms with Crippen molar-refractivity contribution in [2.24, 2.45) is 4.99 Å². The van der Waals surface area contributed by atoms with Crippen molar-refractivity contribution in [1.29, 1.82) is 0 Å². The molecule has 3 aliphatic heterocycles. The van der Waals surface area contributed by atoms with Crippen LogP contribution in [0.3, 0.4) is 0 Å². The standard InChI is InChI=1S/C23H39NO19/c1-38-6-24-11-7(27)2-23(22(36)37,43-19(11)12(29)8(28)3-25)39-5-10-13(30)14(31)17(34)21(41-10)42-18-9(4-26)40-20(35)16(33)15(18)32/h6-21,25-35H,2-5H2,1H3,(H,36,37)/b24-6+. The normalized spacial score (nSPS) is 45.5. The van der Waals surface area contributed by atoms with E-state index in [1.165, 1.54) is 7.11 Å². The quantitative estimate of drug-likeness (QED) is 0.0701. The Morgan fingerprint density at radius 2 is 1.65 bits per heavy atom. The van der Waals surface area contributed by atoms with Gasteiger partial charge < -0.3 is 89.7 Å². The maximum Gasteiger partial charge on any atom is 0.364 e. The minimum atomic E-state index is -2.78. The van der Waals surface area contributed by atoms with E-state index in [0.29, 0.717) is 0 Å². The van der Waals surface area contributed by atoms with E-state index in [4.69, 9.17) is 28.4 Å². The number of aliphatic hydroxyl groups is 11. The molecule has 0 amide bonds. The highest BCUT2D eigenvalue weighted by Gasteiger charge is 2.57. The summed E-state index contributed by atoms with van der Waals surface area (Å²) in [6, 6.07) is -1.41. The summed E-state index contributed by atoms with van der Waals surface area (Å²) in [6.45, 7) is -2.74. The smallest absolute Gasteiger partial charge is 0.364 e. The highest BCUT2D eigenvalue weighted by atomic mass is 16.8. The number of methoxy groups -OCH3 is 1. The first-order valence-corrected chi connectivity index (χ1v) is 13.1. The Kier molecular flexibility index (Phi) is 12.5. The summed E-state index contributed by atoms with van der Waals surface area (Å²) in [5.74, 6) is -4.62. The second-order valence-corrected chi connectivity index (χ2v) is 10.3. The second kappa shape index (κ2) is 15.1. The first-order chi connectivity index (χ1) is 20.2. The van der Waals surface area contributed by atoms with E-state index >= 15 is 0 Å². The summed E-state index contributed by atoms with van der Waals surface area (Å²) < 4.78 is 31.5. The predicted octanol–water partition coefficient (Wildman–Crippen LogP) is -7.68. The molecule has 0 bridgehead atoms. The number of carboxylic acid groups (broad SMARTS) is 1. The van der Waals surface area contributed by atoms with Gasteiger partial charge in [0.15, 0.2) is 19.0 Å². The van der Waals surface area contributed by atoms with Crippen LogP contribution in [-0.2, 0) is 33.2 Å². The minimum Gasteiger partial charge on any atom is -0.487 e. The zero-order valence-electron chi connectivity index (χ0n) is 22.7. The molecule has 12 N–H and O–H groups in total. The number of hydrogen-bond donors (Lipinski definition) is 12. The molecule has 3 aliphatic rings. The van der Waals surface area contributed by atoms with Crippen LogP contribution in [0, 0.1) is 0 Å². The van der Waals surface area contributed by atoms with Crippen LogP contribution < -0.4 is 0 Å². The zero-order chi connectivity index (χ0) is 32.2. The number of ether oxygens (including phenoxy) is 6. The van der Waals surface area contributed by atoms with Crippen LogP contribution in [0.25, 0.3) is 0 Å². The molecule has 0 aromatic carbocycles. The van der Waals surface area contributed by atoms with Crippen LogP contribution in [0.4, 0.5) is 0 Å². The Morgan fingerprint density at radius 3 is 2.23 bits per heavy atom. The SMILES string of the molecule is CO/C=N/C1C(O)CC(OCC2OC(OC3C(CO)OC(O)C(O)C3O)C(O)C(O)C2O)(C(=O)O)OC1C(O)C(O)CO. The molecule has 3 heterocycles. The van der Waals surface area contributed by atoms with Crippen LogP contribution in [-0.4, -0.2) is 198 Å². The largest absolute Gasteiger partial charge is 0.487 e. The summed E-state index contributed by atoms with van der Waals surface area (Å²) >= 11 is 0. The summed E-state index contributed by atoms with van der Waals surface area (Å²) in [5, 5.41) is 121. The number of aliphatic hydroxyl groups excluding tert-OH is 11. The van der Waals surface area contributed by atoms with Gasteiger partial charge in [0.1, 0.15) is 73.2 Å².